The maximum Gasteiger partial charge on any atom is 0.247 e. The second kappa shape index (κ2) is 3.38. The molecule has 1 aromatic rings. The number of carbonyl (C=O) groups is 1. The molecular weight excluding hydrogens is 232 g/mol. The minimum absolute atomic E-state index is 0.00979. The molecule has 0 aromatic heterocycles. The second-order valence-electron chi connectivity index (χ2n) is 2.89. The molecule has 1 unspecified atom stereocenters. The van der Waals surface area contributed by atoms with Crippen LogP contribution in [0.25, 0.3) is 0 Å². The van der Waals surface area contributed by atoms with Crippen molar-refractivity contribution in [3.8, 4) is 0 Å². The fraction of sp³-hybridized carbons (Fsp3) is 0.222. The van der Waals surface area contributed by atoms with Gasteiger partial charge in [0.05, 0.1) is 11.4 Å². The lowest BCUT2D eigenvalue weighted by molar-refractivity contribution is -0.116. The normalized spacial score (nSPS) is 20.1. The largest absolute Gasteiger partial charge is 0.371 e. The Balaban J connectivity index is 2.33. The van der Waals surface area contributed by atoms with Gasteiger partial charge in [-0.1, -0.05) is 28.1 Å². The molecule has 3 nitrogen and oxygen atoms in total. The van der Waals surface area contributed by atoms with E-state index in [0.717, 1.165) is 11.4 Å². The smallest absolute Gasteiger partial charge is 0.247 e. The maximum atomic E-state index is 11.4. The van der Waals surface area contributed by atoms with E-state index in [1.54, 1.807) is 0 Å². The van der Waals surface area contributed by atoms with Crippen molar-refractivity contribution in [2.24, 2.45) is 0 Å². The Kier molecular flexibility index (Phi) is 2.22. The van der Waals surface area contributed by atoms with Crippen molar-refractivity contribution in [3.05, 3.63) is 24.3 Å². The van der Waals surface area contributed by atoms with Crippen molar-refractivity contribution in [3.63, 3.8) is 0 Å². The minimum Gasteiger partial charge on any atom is -0.371 e. The van der Waals surface area contributed by atoms with Crippen molar-refractivity contribution < 1.29 is 4.79 Å². The molecule has 68 valence electrons. The molecule has 1 aliphatic rings. The number of carbonyl (C=O) groups excluding carboxylic acids is 1. The number of nitrogens with one attached hydrogen (secondary N) is 2. The highest BCUT2D eigenvalue weighted by Gasteiger charge is 2.23. The highest BCUT2D eigenvalue weighted by molar-refractivity contribution is 9.09. The van der Waals surface area contributed by atoms with Crippen molar-refractivity contribution in [2.45, 2.75) is 6.04 Å². The van der Waals surface area contributed by atoms with Gasteiger partial charge >= 0.3 is 0 Å². The van der Waals surface area contributed by atoms with E-state index >= 15 is 0 Å². The van der Waals surface area contributed by atoms with Crippen LogP contribution in [-0.4, -0.2) is 17.3 Å². The summed E-state index contributed by atoms with van der Waals surface area (Å²) >= 11 is 3.28. The molecule has 0 bridgehead atoms. The van der Waals surface area contributed by atoms with Crippen molar-refractivity contribution in [1.82, 2.24) is 0 Å². The summed E-state index contributed by atoms with van der Waals surface area (Å²) in [6, 6.07) is 7.49. The molecule has 0 saturated carbocycles. The van der Waals surface area contributed by atoms with Gasteiger partial charge in [-0.05, 0) is 12.1 Å². The molecule has 0 fully saturated rings. The van der Waals surface area contributed by atoms with E-state index in [4.69, 9.17) is 0 Å². The first-order valence-corrected chi connectivity index (χ1v) is 5.16. The number of benzene rings is 1. The number of anilines is 2. The van der Waals surface area contributed by atoms with Crippen molar-refractivity contribution >= 4 is 33.2 Å². The molecule has 1 aliphatic heterocycles. The van der Waals surface area contributed by atoms with Crippen molar-refractivity contribution in [1.29, 1.82) is 0 Å². The summed E-state index contributed by atoms with van der Waals surface area (Å²) < 4.78 is 0. The predicted octanol–water partition coefficient (Wildman–Crippen LogP) is 1.81. The number of hydrogen-bond acceptors (Lipinski definition) is 2. The number of fused-ring (bicyclic) bond motifs is 1. The molecule has 1 heterocycles. The van der Waals surface area contributed by atoms with Gasteiger partial charge < -0.3 is 10.6 Å². The van der Waals surface area contributed by atoms with Gasteiger partial charge in [0.25, 0.3) is 0 Å². The third kappa shape index (κ3) is 1.54. The topological polar surface area (TPSA) is 41.1 Å². The van der Waals surface area contributed by atoms with E-state index in [0.29, 0.717) is 5.33 Å². The fourth-order valence-electron chi connectivity index (χ4n) is 1.30. The minimum atomic E-state index is -0.171. The van der Waals surface area contributed by atoms with Crippen LogP contribution in [0.15, 0.2) is 24.3 Å². The summed E-state index contributed by atoms with van der Waals surface area (Å²) in [4.78, 5) is 11.4. The molecule has 4 heteroatoms. The summed E-state index contributed by atoms with van der Waals surface area (Å²) in [5.41, 5.74) is 1.83. The Morgan fingerprint density at radius 1 is 1.31 bits per heavy atom. The van der Waals surface area contributed by atoms with E-state index in [1.807, 2.05) is 24.3 Å². The summed E-state index contributed by atoms with van der Waals surface area (Å²) in [5, 5.41) is 6.59. The molecule has 0 aliphatic carbocycles. The number of alkyl halides is 1. The Hall–Kier alpha value is -1.03. The van der Waals surface area contributed by atoms with E-state index in [9.17, 15) is 4.79 Å². The molecule has 1 aromatic carbocycles. The fourth-order valence-corrected chi connectivity index (χ4v) is 1.76. The van der Waals surface area contributed by atoms with E-state index in [2.05, 4.69) is 26.6 Å². The third-order valence-electron chi connectivity index (χ3n) is 1.99. The average molecular weight is 241 g/mol. The second-order valence-corrected chi connectivity index (χ2v) is 3.53. The number of rotatable bonds is 1. The van der Waals surface area contributed by atoms with Crippen LogP contribution < -0.4 is 10.6 Å². The zero-order valence-corrected chi connectivity index (χ0v) is 8.47. The van der Waals surface area contributed by atoms with Crippen LogP contribution in [0.3, 0.4) is 0 Å². The Morgan fingerprint density at radius 2 is 2.00 bits per heavy atom. The van der Waals surface area contributed by atoms with Crippen molar-refractivity contribution in [2.75, 3.05) is 16.0 Å². The van der Waals surface area contributed by atoms with E-state index < -0.39 is 0 Å². The average Bonchev–Trinajstić information content (AvgIpc) is 2.17. The predicted molar refractivity (Wildman–Crippen MR) is 56.3 cm³/mol. The number of hydrogen-bond donors (Lipinski definition) is 2. The molecule has 13 heavy (non-hydrogen) atoms. The molecular formula is C9H9BrN2O. The summed E-state index contributed by atoms with van der Waals surface area (Å²) in [7, 11) is 0. The van der Waals surface area contributed by atoms with Crippen LogP contribution >= 0.6 is 15.9 Å². The van der Waals surface area contributed by atoms with Crippen LogP contribution in [-0.2, 0) is 4.79 Å². The summed E-state index contributed by atoms with van der Waals surface area (Å²) in [6.07, 6.45) is 0. The van der Waals surface area contributed by atoms with Gasteiger partial charge in [0.1, 0.15) is 6.04 Å². The first kappa shape index (κ1) is 8.56. The summed E-state index contributed by atoms with van der Waals surface area (Å²) in [5.74, 6) is 0.00979. The molecule has 1 atom stereocenters. The van der Waals surface area contributed by atoms with Crippen LogP contribution in [0.5, 0.6) is 0 Å². The lowest BCUT2D eigenvalue weighted by Crippen LogP contribution is -2.39. The van der Waals surface area contributed by atoms with E-state index in [1.165, 1.54) is 0 Å². The Labute approximate surface area is 84.6 Å². The first-order valence-electron chi connectivity index (χ1n) is 4.03. The van der Waals surface area contributed by atoms with Crippen LogP contribution in [0.4, 0.5) is 11.4 Å². The molecule has 0 radical (unpaired) electrons. The van der Waals surface area contributed by atoms with Gasteiger partial charge in [-0.15, -0.1) is 0 Å². The number of halogens is 1. The first-order chi connectivity index (χ1) is 6.31. The Bertz CT molecular complexity index is 340. The standard InChI is InChI=1S/C9H9BrN2O/c10-5-8-9(13)12-7-4-2-1-3-6(7)11-8/h1-4,8,11H,5H2,(H,12,13). The highest BCUT2D eigenvalue weighted by Crippen LogP contribution is 2.25. The zero-order valence-electron chi connectivity index (χ0n) is 6.88. The number of amides is 1. The van der Waals surface area contributed by atoms with E-state index in [-0.39, 0.29) is 11.9 Å². The zero-order chi connectivity index (χ0) is 9.26. The maximum absolute atomic E-state index is 11.4. The third-order valence-corrected chi connectivity index (χ3v) is 2.63. The highest BCUT2D eigenvalue weighted by atomic mass is 79.9. The number of para-hydroxylation sites is 2. The van der Waals surface area contributed by atoms with Gasteiger partial charge in [-0.25, -0.2) is 0 Å². The van der Waals surface area contributed by atoms with Crippen LogP contribution in [0, 0.1) is 0 Å². The molecule has 0 spiro atoms. The quantitative estimate of drug-likeness (QED) is 0.736. The lowest BCUT2D eigenvalue weighted by atomic mass is 10.1. The van der Waals surface area contributed by atoms with Gasteiger partial charge in [0, 0.05) is 5.33 Å². The monoisotopic (exact) mass is 240 g/mol. The SMILES string of the molecule is O=C1Nc2ccccc2NC1CBr. The van der Waals surface area contributed by atoms with Gasteiger partial charge in [-0.2, -0.15) is 0 Å². The van der Waals surface area contributed by atoms with Crippen LogP contribution in [0.1, 0.15) is 0 Å². The van der Waals surface area contributed by atoms with Gasteiger partial charge in [0.15, 0.2) is 0 Å². The van der Waals surface area contributed by atoms with Gasteiger partial charge in [-0.3, -0.25) is 4.79 Å². The molecule has 2 N–H and O–H groups in total. The lowest BCUT2D eigenvalue weighted by Gasteiger charge is -2.25. The molecule has 1 amide bonds. The van der Waals surface area contributed by atoms with Gasteiger partial charge in [0.2, 0.25) is 5.91 Å². The summed E-state index contributed by atoms with van der Waals surface area (Å²) in [6.45, 7) is 0. The molecule has 0 saturated heterocycles. The molecule has 2 rings (SSSR count). The van der Waals surface area contributed by atoms with Crippen LogP contribution in [0.2, 0.25) is 0 Å². The Morgan fingerprint density at radius 3 is 2.69 bits per heavy atom.